The summed E-state index contributed by atoms with van der Waals surface area (Å²) in [4.78, 5) is 38.0. The lowest BCUT2D eigenvalue weighted by atomic mass is 10.1. The number of ether oxygens (including phenoxy) is 3. The molecular weight excluding hydrogens is 805 g/mol. The standard InChI is InChI=1S/C59H96O6/c1-4-7-10-13-16-19-22-25-27-29-31-34-37-40-43-46-49-52-58(61)64-55-56(54-63-57(60)51-48-45-42-39-36-33-24-21-18-15-12-9-6-3)65-59(62)53-50-47-44-41-38-35-32-30-28-26-23-20-17-14-11-8-5-2/h7,10,16,19,25-28,31-36,40-41,43-44,56H,4-6,8-9,11-15,17-18,20-24,29-30,37-39,42,45-55H2,1-3H3/b10-7-,19-16-,27-25-,28-26-,34-31-,35-32-,36-33-,43-40-,44-41-. The van der Waals surface area contributed by atoms with Gasteiger partial charge in [0, 0.05) is 19.3 Å². The highest BCUT2D eigenvalue weighted by Gasteiger charge is 2.19. The summed E-state index contributed by atoms with van der Waals surface area (Å²) in [5, 5.41) is 0. The fourth-order valence-electron chi connectivity index (χ4n) is 6.78. The Morgan fingerprint density at radius 3 is 1.02 bits per heavy atom. The second kappa shape index (κ2) is 52.7. The molecule has 0 bridgehead atoms. The molecule has 0 saturated heterocycles. The van der Waals surface area contributed by atoms with E-state index in [1.54, 1.807) is 0 Å². The van der Waals surface area contributed by atoms with Crippen molar-refractivity contribution in [2.75, 3.05) is 13.2 Å². The summed E-state index contributed by atoms with van der Waals surface area (Å²) in [6, 6.07) is 0. The van der Waals surface area contributed by atoms with Crippen LogP contribution in [0.1, 0.15) is 226 Å². The van der Waals surface area contributed by atoms with Gasteiger partial charge >= 0.3 is 17.9 Å². The second-order valence-electron chi connectivity index (χ2n) is 17.0. The fourth-order valence-corrected chi connectivity index (χ4v) is 6.78. The van der Waals surface area contributed by atoms with Crippen LogP contribution in [0.25, 0.3) is 0 Å². The third-order valence-corrected chi connectivity index (χ3v) is 10.7. The van der Waals surface area contributed by atoms with Crippen molar-refractivity contribution in [3.8, 4) is 0 Å². The number of carbonyl (C=O) groups excluding carboxylic acids is 3. The van der Waals surface area contributed by atoms with Gasteiger partial charge < -0.3 is 14.2 Å². The smallest absolute Gasteiger partial charge is 0.306 e. The lowest BCUT2D eigenvalue weighted by molar-refractivity contribution is -0.167. The highest BCUT2D eigenvalue weighted by Crippen LogP contribution is 2.12. The second-order valence-corrected chi connectivity index (χ2v) is 17.0. The van der Waals surface area contributed by atoms with E-state index in [9.17, 15) is 14.4 Å². The molecule has 0 fully saturated rings. The van der Waals surface area contributed by atoms with Crippen LogP contribution in [0.5, 0.6) is 0 Å². The summed E-state index contributed by atoms with van der Waals surface area (Å²) in [5.41, 5.74) is 0. The molecule has 0 N–H and O–H groups in total. The van der Waals surface area contributed by atoms with Gasteiger partial charge in [0.25, 0.3) is 0 Å². The minimum atomic E-state index is -0.835. The lowest BCUT2D eigenvalue weighted by Crippen LogP contribution is -2.30. The first-order valence-electron chi connectivity index (χ1n) is 26.4. The first-order chi connectivity index (χ1) is 32.0. The quantitative estimate of drug-likeness (QED) is 0.0262. The van der Waals surface area contributed by atoms with Crippen molar-refractivity contribution < 1.29 is 28.6 Å². The molecule has 0 aromatic rings. The molecule has 0 saturated carbocycles. The zero-order chi connectivity index (χ0) is 47.2. The van der Waals surface area contributed by atoms with Crippen LogP contribution in [-0.4, -0.2) is 37.2 Å². The van der Waals surface area contributed by atoms with Crippen LogP contribution in [-0.2, 0) is 28.6 Å². The Bertz CT molecular complexity index is 1360. The largest absolute Gasteiger partial charge is 0.462 e. The van der Waals surface area contributed by atoms with E-state index in [0.717, 1.165) is 89.9 Å². The van der Waals surface area contributed by atoms with Crippen molar-refractivity contribution in [2.45, 2.75) is 232 Å². The Morgan fingerprint density at radius 1 is 0.323 bits per heavy atom. The van der Waals surface area contributed by atoms with Crippen molar-refractivity contribution in [3.63, 3.8) is 0 Å². The van der Waals surface area contributed by atoms with Gasteiger partial charge in [-0.15, -0.1) is 0 Å². The molecule has 65 heavy (non-hydrogen) atoms. The number of allylic oxidation sites excluding steroid dienone is 18. The monoisotopic (exact) mass is 901 g/mol. The lowest BCUT2D eigenvalue weighted by Gasteiger charge is -2.18. The van der Waals surface area contributed by atoms with Gasteiger partial charge in [-0.25, -0.2) is 0 Å². The highest BCUT2D eigenvalue weighted by molar-refractivity contribution is 5.71. The fraction of sp³-hybridized carbons (Fsp3) is 0.644. The van der Waals surface area contributed by atoms with Gasteiger partial charge in [-0.05, 0) is 116 Å². The summed E-state index contributed by atoms with van der Waals surface area (Å²) >= 11 is 0. The van der Waals surface area contributed by atoms with Gasteiger partial charge in [-0.1, -0.05) is 201 Å². The molecule has 0 aliphatic carbocycles. The number of unbranched alkanes of at least 4 members (excludes halogenated alkanes) is 17. The maximum absolute atomic E-state index is 12.8. The minimum Gasteiger partial charge on any atom is -0.462 e. The van der Waals surface area contributed by atoms with E-state index in [1.807, 2.05) is 0 Å². The number of hydrogen-bond donors (Lipinski definition) is 0. The Balaban J connectivity index is 4.59. The Hall–Kier alpha value is -3.93. The van der Waals surface area contributed by atoms with Gasteiger partial charge in [0.05, 0.1) is 0 Å². The summed E-state index contributed by atoms with van der Waals surface area (Å²) in [7, 11) is 0. The molecule has 0 spiro atoms. The first kappa shape index (κ1) is 61.1. The number of carbonyl (C=O) groups is 3. The van der Waals surface area contributed by atoms with Crippen molar-refractivity contribution in [1.29, 1.82) is 0 Å². The highest BCUT2D eigenvalue weighted by atomic mass is 16.6. The van der Waals surface area contributed by atoms with E-state index in [2.05, 4.69) is 130 Å². The van der Waals surface area contributed by atoms with Crippen LogP contribution in [0.3, 0.4) is 0 Å². The van der Waals surface area contributed by atoms with E-state index >= 15 is 0 Å². The summed E-state index contributed by atoms with van der Waals surface area (Å²) < 4.78 is 16.7. The topological polar surface area (TPSA) is 78.9 Å². The molecule has 6 heteroatoms. The molecule has 1 unspecified atom stereocenters. The average Bonchev–Trinajstić information content (AvgIpc) is 3.30. The van der Waals surface area contributed by atoms with E-state index in [-0.39, 0.29) is 44.0 Å². The third kappa shape index (κ3) is 50.9. The summed E-state index contributed by atoms with van der Waals surface area (Å²) in [6.45, 7) is 6.39. The molecule has 0 radical (unpaired) electrons. The number of rotatable bonds is 46. The van der Waals surface area contributed by atoms with Crippen molar-refractivity contribution in [3.05, 3.63) is 109 Å². The molecule has 368 valence electrons. The SMILES string of the molecule is CC/C=C\C/C=C\C/C=C\C/C=C\C/C=C\CCCC(=O)OCC(COC(=O)CCCCC/C=C\CCCCCCCC)OC(=O)CCC/C=C\C/C=C\C/C=C\CCCCCCCC. The Labute approximate surface area is 400 Å². The van der Waals surface area contributed by atoms with Gasteiger partial charge in [-0.2, -0.15) is 0 Å². The van der Waals surface area contributed by atoms with Gasteiger partial charge in [0.2, 0.25) is 0 Å². The van der Waals surface area contributed by atoms with E-state index < -0.39 is 6.10 Å². The molecule has 1 atom stereocenters. The van der Waals surface area contributed by atoms with E-state index in [1.165, 1.54) is 83.5 Å². The normalized spacial score (nSPS) is 13.0. The third-order valence-electron chi connectivity index (χ3n) is 10.7. The van der Waals surface area contributed by atoms with Crippen LogP contribution in [0.4, 0.5) is 0 Å². The average molecular weight is 901 g/mol. The number of esters is 3. The molecule has 0 aliphatic rings. The molecular formula is C59H96O6. The van der Waals surface area contributed by atoms with Crippen molar-refractivity contribution >= 4 is 17.9 Å². The summed E-state index contributed by atoms with van der Waals surface area (Å²) in [6.07, 6.45) is 70.9. The van der Waals surface area contributed by atoms with Crippen LogP contribution in [0.15, 0.2) is 109 Å². The Kier molecular flexibility index (Phi) is 49.5. The minimum absolute atomic E-state index is 0.125. The molecule has 0 heterocycles. The molecule has 0 aromatic carbocycles. The predicted octanol–water partition coefficient (Wildman–Crippen LogP) is 17.5. The molecule has 0 amide bonds. The maximum atomic E-state index is 12.8. The zero-order valence-electron chi connectivity index (χ0n) is 42.0. The van der Waals surface area contributed by atoms with Gasteiger partial charge in [-0.3, -0.25) is 14.4 Å². The van der Waals surface area contributed by atoms with Crippen LogP contribution in [0, 0.1) is 0 Å². The molecule has 0 aliphatic heterocycles. The molecule has 0 rings (SSSR count). The van der Waals surface area contributed by atoms with Gasteiger partial charge in [0.15, 0.2) is 6.10 Å². The van der Waals surface area contributed by atoms with Gasteiger partial charge in [0.1, 0.15) is 13.2 Å². The first-order valence-corrected chi connectivity index (χ1v) is 26.4. The van der Waals surface area contributed by atoms with Crippen LogP contribution in [0.2, 0.25) is 0 Å². The summed E-state index contributed by atoms with van der Waals surface area (Å²) in [5.74, 6) is -1.06. The predicted molar refractivity (Wildman–Crippen MR) is 279 cm³/mol. The van der Waals surface area contributed by atoms with E-state index in [4.69, 9.17) is 14.2 Å². The maximum Gasteiger partial charge on any atom is 0.306 e. The van der Waals surface area contributed by atoms with Crippen LogP contribution < -0.4 is 0 Å². The van der Waals surface area contributed by atoms with Crippen molar-refractivity contribution in [2.24, 2.45) is 0 Å². The Morgan fingerprint density at radius 2 is 0.615 bits per heavy atom. The number of hydrogen-bond acceptors (Lipinski definition) is 6. The molecule has 6 nitrogen and oxygen atoms in total. The van der Waals surface area contributed by atoms with E-state index in [0.29, 0.717) is 19.3 Å². The zero-order valence-corrected chi connectivity index (χ0v) is 42.0. The van der Waals surface area contributed by atoms with Crippen LogP contribution >= 0.6 is 0 Å². The molecule has 0 aromatic heterocycles. The van der Waals surface area contributed by atoms with Crippen molar-refractivity contribution in [1.82, 2.24) is 0 Å².